The van der Waals surface area contributed by atoms with Gasteiger partial charge in [0.15, 0.2) is 6.10 Å². The van der Waals surface area contributed by atoms with Crippen LogP contribution in [0.4, 0.5) is 14.5 Å². The summed E-state index contributed by atoms with van der Waals surface area (Å²) in [6.45, 7) is 2.16. The largest absolute Gasteiger partial charge is 0.388 e. The van der Waals surface area contributed by atoms with Crippen LogP contribution in [0.25, 0.3) is 0 Å². The highest BCUT2D eigenvalue weighted by atomic mass is 19.3. The van der Waals surface area contributed by atoms with Crippen LogP contribution in [0, 0.1) is 13.8 Å². The molecule has 10 nitrogen and oxygen atoms in total. The number of anilines is 1. The van der Waals surface area contributed by atoms with Crippen molar-refractivity contribution in [1.82, 2.24) is 20.7 Å². The standard InChI is InChI=1S/C29H33F2N5O5.CH4/c1-17-24(18(2)41-35-17)27(39)34-22(13-19-7-5-4-6-8-19)25(37)28(40)36-16-29(30,31)14-23(36)26(38)33-15-20-9-11-21(32-3)12-10-20;/h4-12,22-23,25,32,37H,13-16H2,1-3H3,(H,33,38)(H,34,39);1H4/t22-,23-,25-;/m0./s1. The van der Waals surface area contributed by atoms with Gasteiger partial charge in [0.1, 0.15) is 17.4 Å². The maximum absolute atomic E-state index is 14.6. The van der Waals surface area contributed by atoms with Gasteiger partial charge in [0.2, 0.25) is 5.91 Å². The van der Waals surface area contributed by atoms with Gasteiger partial charge in [-0.05, 0) is 43.5 Å². The molecule has 1 aliphatic rings. The van der Waals surface area contributed by atoms with Crippen molar-refractivity contribution in [3.8, 4) is 0 Å². The van der Waals surface area contributed by atoms with Crippen LogP contribution >= 0.6 is 0 Å². The Bertz CT molecular complexity index is 1360. The molecule has 226 valence electrons. The van der Waals surface area contributed by atoms with Crippen LogP contribution in [0.3, 0.4) is 0 Å². The smallest absolute Gasteiger partial charge is 0.267 e. The van der Waals surface area contributed by atoms with Crippen molar-refractivity contribution in [2.75, 3.05) is 18.9 Å². The second-order valence-corrected chi connectivity index (χ2v) is 10.1. The van der Waals surface area contributed by atoms with E-state index in [4.69, 9.17) is 4.52 Å². The molecule has 3 aromatic rings. The van der Waals surface area contributed by atoms with Gasteiger partial charge >= 0.3 is 0 Å². The zero-order valence-corrected chi connectivity index (χ0v) is 23.0. The van der Waals surface area contributed by atoms with Gasteiger partial charge in [0.05, 0.1) is 18.3 Å². The van der Waals surface area contributed by atoms with E-state index >= 15 is 0 Å². The van der Waals surface area contributed by atoms with Crippen LogP contribution in [-0.4, -0.2) is 70.6 Å². The van der Waals surface area contributed by atoms with Crippen molar-refractivity contribution in [3.63, 3.8) is 0 Å². The zero-order chi connectivity index (χ0) is 29.7. The number of nitrogens with zero attached hydrogens (tertiary/aromatic N) is 2. The number of carbonyl (C=O) groups excluding carboxylic acids is 3. The fraction of sp³-hybridized carbons (Fsp3) is 0.400. The summed E-state index contributed by atoms with van der Waals surface area (Å²) in [6.07, 6.45) is -2.78. The molecule has 3 atom stereocenters. The van der Waals surface area contributed by atoms with E-state index in [0.717, 1.165) is 11.3 Å². The topological polar surface area (TPSA) is 137 Å². The average Bonchev–Trinajstić information content (AvgIpc) is 3.48. The fourth-order valence-electron chi connectivity index (χ4n) is 4.88. The Morgan fingerprint density at radius 3 is 2.36 bits per heavy atom. The van der Waals surface area contributed by atoms with Crippen molar-refractivity contribution >= 4 is 23.4 Å². The third-order valence-electron chi connectivity index (χ3n) is 7.07. The molecule has 2 aromatic carbocycles. The third kappa shape index (κ3) is 7.49. The quantitative estimate of drug-likeness (QED) is 0.287. The number of hydrogen-bond donors (Lipinski definition) is 4. The Kier molecular flexibility index (Phi) is 10.4. The van der Waals surface area contributed by atoms with Crippen molar-refractivity contribution in [3.05, 3.63) is 82.7 Å². The van der Waals surface area contributed by atoms with Crippen molar-refractivity contribution < 1.29 is 32.8 Å². The van der Waals surface area contributed by atoms with E-state index in [1.54, 1.807) is 75.5 Å². The molecule has 3 amide bonds. The Balaban J connectivity index is 0.00000484. The van der Waals surface area contributed by atoms with Crippen LogP contribution < -0.4 is 16.0 Å². The third-order valence-corrected chi connectivity index (χ3v) is 7.07. The number of alkyl halides is 2. The molecule has 12 heteroatoms. The summed E-state index contributed by atoms with van der Waals surface area (Å²) in [5, 5.41) is 23.2. The van der Waals surface area contributed by atoms with Gasteiger partial charge in [0.25, 0.3) is 17.7 Å². The summed E-state index contributed by atoms with van der Waals surface area (Å²) >= 11 is 0. The molecular weight excluding hydrogens is 548 g/mol. The monoisotopic (exact) mass is 585 g/mol. The molecular formula is C30H37F2N5O5. The van der Waals surface area contributed by atoms with Gasteiger partial charge in [-0.2, -0.15) is 0 Å². The maximum Gasteiger partial charge on any atom is 0.267 e. The van der Waals surface area contributed by atoms with Crippen LogP contribution in [0.15, 0.2) is 59.1 Å². The number of likely N-dealkylation sites (tertiary alicyclic amines) is 1. The number of aryl methyl sites for hydroxylation is 2. The Labute approximate surface area is 243 Å². The molecule has 0 saturated carbocycles. The number of aromatic nitrogens is 1. The number of carbonyl (C=O) groups is 3. The highest BCUT2D eigenvalue weighted by Gasteiger charge is 2.51. The first-order valence-corrected chi connectivity index (χ1v) is 13.2. The SMILES string of the molecule is C.CNc1ccc(CNC(=O)[C@@H]2CC(F)(F)CN2C(=O)[C@@H](O)[C@H](Cc2ccccc2)NC(=O)c2c(C)noc2C)cc1. The highest BCUT2D eigenvalue weighted by molar-refractivity contribution is 5.97. The lowest BCUT2D eigenvalue weighted by atomic mass is 9.99. The molecule has 42 heavy (non-hydrogen) atoms. The van der Waals surface area contributed by atoms with E-state index in [-0.39, 0.29) is 31.7 Å². The molecule has 1 saturated heterocycles. The van der Waals surface area contributed by atoms with E-state index in [2.05, 4.69) is 21.1 Å². The lowest BCUT2D eigenvalue weighted by Gasteiger charge is -2.30. The molecule has 4 rings (SSSR count). The van der Waals surface area contributed by atoms with E-state index in [1.165, 1.54) is 0 Å². The summed E-state index contributed by atoms with van der Waals surface area (Å²) in [5.74, 6) is -5.57. The molecule has 4 N–H and O–H groups in total. The zero-order valence-electron chi connectivity index (χ0n) is 23.0. The van der Waals surface area contributed by atoms with E-state index in [0.29, 0.717) is 16.2 Å². The Hall–Kier alpha value is -4.32. The Morgan fingerprint density at radius 2 is 1.76 bits per heavy atom. The number of amides is 3. The summed E-state index contributed by atoms with van der Waals surface area (Å²) in [7, 11) is 1.77. The van der Waals surface area contributed by atoms with Gasteiger partial charge in [0, 0.05) is 25.7 Å². The molecule has 0 aliphatic carbocycles. The molecule has 0 radical (unpaired) electrons. The van der Waals surface area contributed by atoms with E-state index in [1.807, 2.05) is 0 Å². The minimum absolute atomic E-state index is 0. The summed E-state index contributed by atoms with van der Waals surface area (Å²) in [6, 6.07) is 13.2. The predicted octanol–water partition coefficient (Wildman–Crippen LogP) is 3.22. The normalized spacial score (nSPS) is 17.1. The minimum Gasteiger partial charge on any atom is -0.388 e. The molecule has 1 aliphatic heterocycles. The summed E-state index contributed by atoms with van der Waals surface area (Å²) < 4.78 is 34.2. The first-order chi connectivity index (χ1) is 19.5. The second kappa shape index (κ2) is 13.6. The predicted molar refractivity (Wildman–Crippen MR) is 153 cm³/mol. The fourth-order valence-corrected chi connectivity index (χ4v) is 4.88. The highest BCUT2D eigenvalue weighted by Crippen LogP contribution is 2.33. The van der Waals surface area contributed by atoms with Crippen molar-refractivity contribution in [1.29, 1.82) is 0 Å². The van der Waals surface area contributed by atoms with Gasteiger partial charge < -0.3 is 30.5 Å². The average molecular weight is 586 g/mol. The van der Waals surface area contributed by atoms with Crippen molar-refractivity contribution in [2.45, 2.75) is 64.8 Å². The maximum atomic E-state index is 14.6. The summed E-state index contributed by atoms with van der Waals surface area (Å²) in [4.78, 5) is 40.3. The number of benzene rings is 2. The van der Waals surface area contributed by atoms with E-state index in [9.17, 15) is 28.3 Å². The van der Waals surface area contributed by atoms with Crippen LogP contribution in [-0.2, 0) is 22.6 Å². The Morgan fingerprint density at radius 1 is 1.10 bits per heavy atom. The van der Waals surface area contributed by atoms with Gasteiger partial charge in [-0.25, -0.2) is 8.78 Å². The van der Waals surface area contributed by atoms with Gasteiger partial charge in [-0.15, -0.1) is 0 Å². The van der Waals surface area contributed by atoms with Gasteiger partial charge in [-0.1, -0.05) is 55.0 Å². The number of aliphatic hydroxyl groups is 1. The number of rotatable bonds is 10. The van der Waals surface area contributed by atoms with E-state index < -0.39 is 54.8 Å². The van der Waals surface area contributed by atoms with Crippen LogP contribution in [0.1, 0.15) is 46.8 Å². The molecule has 1 aromatic heterocycles. The number of halogens is 2. The number of hydrogen-bond acceptors (Lipinski definition) is 7. The lowest BCUT2D eigenvalue weighted by molar-refractivity contribution is -0.147. The lowest BCUT2D eigenvalue weighted by Crippen LogP contribution is -2.56. The second-order valence-electron chi connectivity index (χ2n) is 10.1. The molecule has 0 spiro atoms. The minimum atomic E-state index is -3.33. The first kappa shape index (κ1) is 32.2. The first-order valence-electron chi connectivity index (χ1n) is 13.2. The molecule has 1 fully saturated rings. The van der Waals surface area contributed by atoms with Gasteiger partial charge in [-0.3, -0.25) is 14.4 Å². The van der Waals surface area contributed by atoms with Crippen LogP contribution in [0.5, 0.6) is 0 Å². The molecule has 0 unspecified atom stereocenters. The van der Waals surface area contributed by atoms with Crippen molar-refractivity contribution in [2.24, 2.45) is 0 Å². The number of nitrogens with one attached hydrogen (secondary N) is 3. The molecule has 2 heterocycles. The summed E-state index contributed by atoms with van der Waals surface area (Å²) in [5.41, 5.74) is 2.76. The molecule has 0 bridgehead atoms. The number of aliphatic hydroxyl groups excluding tert-OH is 1. The van der Waals surface area contributed by atoms with Crippen LogP contribution in [0.2, 0.25) is 0 Å².